The van der Waals surface area contributed by atoms with Gasteiger partial charge in [-0.15, -0.1) is 5.10 Å². The van der Waals surface area contributed by atoms with Crippen molar-refractivity contribution >= 4 is 34.7 Å². The Morgan fingerprint density at radius 1 is 0.962 bits per heavy atom. The van der Waals surface area contributed by atoms with Gasteiger partial charge < -0.3 is 16.0 Å². The van der Waals surface area contributed by atoms with Gasteiger partial charge in [0.1, 0.15) is 0 Å². The summed E-state index contributed by atoms with van der Waals surface area (Å²) < 4.78 is 0. The quantitative estimate of drug-likeness (QED) is 0.650. The van der Waals surface area contributed by atoms with Crippen molar-refractivity contribution in [2.24, 2.45) is 0 Å². The van der Waals surface area contributed by atoms with E-state index in [4.69, 9.17) is 5.26 Å². The molecule has 8 heteroatoms. The van der Waals surface area contributed by atoms with Crippen molar-refractivity contribution in [3.8, 4) is 6.07 Å². The van der Waals surface area contributed by atoms with Crippen LogP contribution in [-0.4, -0.2) is 21.1 Å². The van der Waals surface area contributed by atoms with Gasteiger partial charge in [0.15, 0.2) is 5.82 Å². The SMILES string of the molecule is CC(=O)Nc1ccc(Nc2cnnc(Nc3ccc(C#N)cc3)n2)cc1. The molecule has 0 saturated heterocycles. The Kier molecular flexibility index (Phi) is 5.00. The largest absolute Gasteiger partial charge is 0.339 e. The Morgan fingerprint density at radius 3 is 2.23 bits per heavy atom. The molecule has 26 heavy (non-hydrogen) atoms. The van der Waals surface area contributed by atoms with Gasteiger partial charge in [0, 0.05) is 24.0 Å². The molecular weight excluding hydrogens is 330 g/mol. The lowest BCUT2D eigenvalue weighted by atomic mass is 10.2. The highest BCUT2D eigenvalue weighted by Crippen LogP contribution is 2.19. The topological polar surface area (TPSA) is 116 Å². The maximum absolute atomic E-state index is 11.0. The summed E-state index contributed by atoms with van der Waals surface area (Å²) >= 11 is 0. The van der Waals surface area contributed by atoms with Crippen molar-refractivity contribution in [3.63, 3.8) is 0 Å². The summed E-state index contributed by atoms with van der Waals surface area (Å²) in [7, 11) is 0. The van der Waals surface area contributed by atoms with Gasteiger partial charge in [0.05, 0.1) is 17.8 Å². The molecule has 0 saturated carbocycles. The highest BCUT2D eigenvalue weighted by molar-refractivity contribution is 5.88. The minimum absolute atomic E-state index is 0.121. The number of nitrogens with one attached hydrogen (secondary N) is 3. The predicted molar refractivity (Wildman–Crippen MR) is 98.3 cm³/mol. The van der Waals surface area contributed by atoms with E-state index >= 15 is 0 Å². The number of hydrogen-bond donors (Lipinski definition) is 3. The third kappa shape index (κ3) is 4.52. The van der Waals surface area contributed by atoms with Crippen LogP contribution in [0.4, 0.5) is 28.8 Å². The first kappa shape index (κ1) is 16.9. The molecule has 0 aliphatic carbocycles. The Morgan fingerprint density at radius 2 is 1.58 bits per heavy atom. The number of nitriles is 1. The summed E-state index contributed by atoms with van der Waals surface area (Å²) in [5.74, 6) is 0.724. The van der Waals surface area contributed by atoms with Gasteiger partial charge in [0.25, 0.3) is 0 Å². The summed E-state index contributed by atoms with van der Waals surface area (Å²) in [4.78, 5) is 15.4. The van der Waals surface area contributed by atoms with Crippen LogP contribution in [0.3, 0.4) is 0 Å². The van der Waals surface area contributed by atoms with E-state index in [-0.39, 0.29) is 5.91 Å². The number of carbonyl (C=O) groups is 1. The Balaban J connectivity index is 1.68. The molecule has 3 aromatic rings. The van der Waals surface area contributed by atoms with Gasteiger partial charge in [-0.3, -0.25) is 4.79 Å². The number of nitrogens with zero attached hydrogens (tertiary/aromatic N) is 4. The van der Waals surface area contributed by atoms with Crippen LogP contribution in [0.25, 0.3) is 0 Å². The molecule has 1 heterocycles. The van der Waals surface area contributed by atoms with Crippen LogP contribution < -0.4 is 16.0 Å². The number of aromatic nitrogens is 3. The number of carbonyl (C=O) groups excluding carboxylic acids is 1. The van der Waals surface area contributed by atoms with Gasteiger partial charge in [-0.25, -0.2) is 0 Å². The smallest absolute Gasteiger partial charge is 0.249 e. The number of hydrogen-bond acceptors (Lipinski definition) is 7. The number of rotatable bonds is 5. The zero-order chi connectivity index (χ0) is 18.4. The van der Waals surface area contributed by atoms with Crippen LogP contribution in [0.5, 0.6) is 0 Å². The lowest BCUT2D eigenvalue weighted by Gasteiger charge is -2.08. The van der Waals surface area contributed by atoms with Crippen LogP contribution in [0.1, 0.15) is 12.5 Å². The minimum atomic E-state index is -0.121. The third-order valence-corrected chi connectivity index (χ3v) is 3.31. The highest BCUT2D eigenvalue weighted by atomic mass is 16.1. The van der Waals surface area contributed by atoms with E-state index < -0.39 is 0 Å². The van der Waals surface area contributed by atoms with E-state index in [1.165, 1.54) is 13.1 Å². The molecule has 0 fully saturated rings. The number of anilines is 5. The molecular formula is C18H15N7O. The maximum Gasteiger partial charge on any atom is 0.249 e. The number of benzene rings is 2. The molecule has 0 aliphatic heterocycles. The molecule has 128 valence electrons. The maximum atomic E-state index is 11.0. The minimum Gasteiger partial charge on any atom is -0.339 e. The second-order valence-electron chi connectivity index (χ2n) is 5.36. The average molecular weight is 345 g/mol. The molecule has 1 aromatic heterocycles. The summed E-state index contributed by atoms with van der Waals surface area (Å²) in [5, 5.41) is 25.5. The first-order valence-electron chi connectivity index (χ1n) is 7.74. The van der Waals surface area contributed by atoms with E-state index in [0.717, 1.165) is 11.4 Å². The molecule has 0 atom stereocenters. The van der Waals surface area contributed by atoms with Crippen LogP contribution in [0, 0.1) is 11.3 Å². The first-order chi connectivity index (χ1) is 12.6. The lowest BCUT2D eigenvalue weighted by molar-refractivity contribution is -0.114. The zero-order valence-electron chi connectivity index (χ0n) is 13.9. The van der Waals surface area contributed by atoms with Crippen LogP contribution in [0.15, 0.2) is 54.7 Å². The fourth-order valence-electron chi connectivity index (χ4n) is 2.16. The second kappa shape index (κ2) is 7.72. The van der Waals surface area contributed by atoms with E-state index in [1.807, 2.05) is 12.1 Å². The van der Waals surface area contributed by atoms with Crippen molar-refractivity contribution in [3.05, 3.63) is 60.3 Å². The van der Waals surface area contributed by atoms with Crippen molar-refractivity contribution in [2.45, 2.75) is 6.92 Å². The molecule has 0 spiro atoms. The van der Waals surface area contributed by atoms with E-state index in [2.05, 4.69) is 37.2 Å². The molecule has 1 amide bonds. The van der Waals surface area contributed by atoms with Crippen molar-refractivity contribution in [1.82, 2.24) is 15.2 Å². The molecule has 0 aliphatic rings. The van der Waals surface area contributed by atoms with Gasteiger partial charge >= 0.3 is 0 Å². The van der Waals surface area contributed by atoms with Gasteiger partial charge in [-0.05, 0) is 48.5 Å². The van der Waals surface area contributed by atoms with Crippen molar-refractivity contribution in [2.75, 3.05) is 16.0 Å². The monoisotopic (exact) mass is 345 g/mol. The Hall–Kier alpha value is -3.99. The molecule has 8 nitrogen and oxygen atoms in total. The summed E-state index contributed by atoms with van der Waals surface area (Å²) in [6, 6.07) is 16.2. The third-order valence-electron chi connectivity index (χ3n) is 3.31. The molecule has 3 rings (SSSR count). The predicted octanol–water partition coefficient (Wildman–Crippen LogP) is 3.19. The standard InChI is InChI=1S/C18H15N7O/c1-12(26)21-14-6-8-15(9-7-14)22-17-11-20-25-18(24-17)23-16-4-2-13(10-19)3-5-16/h2-9,11H,1H3,(H,21,26)(H2,22,23,24,25). The molecule has 2 aromatic carbocycles. The van der Waals surface area contributed by atoms with Crippen molar-refractivity contribution in [1.29, 1.82) is 5.26 Å². The fraction of sp³-hybridized carbons (Fsp3) is 0.0556. The summed E-state index contributed by atoms with van der Waals surface area (Å²) in [5.41, 5.74) is 2.84. The average Bonchev–Trinajstić information content (AvgIpc) is 2.64. The van der Waals surface area contributed by atoms with Gasteiger partial charge in [-0.1, -0.05) is 0 Å². The summed E-state index contributed by atoms with van der Waals surface area (Å²) in [6.07, 6.45) is 1.51. The van der Waals surface area contributed by atoms with Crippen LogP contribution in [0.2, 0.25) is 0 Å². The van der Waals surface area contributed by atoms with E-state index in [0.29, 0.717) is 23.0 Å². The van der Waals surface area contributed by atoms with E-state index in [1.54, 1.807) is 36.4 Å². The molecule has 0 radical (unpaired) electrons. The van der Waals surface area contributed by atoms with Crippen LogP contribution >= 0.6 is 0 Å². The molecule has 0 bridgehead atoms. The highest BCUT2D eigenvalue weighted by Gasteiger charge is 2.03. The lowest BCUT2D eigenvalue weighted by Crippen LogP contribution is -2.05. The molecule has 0 unspecified atom stereocenters. The Labute approximate surface area is 149 Å². The van der Waals surface area contributed by atoms with E-state index in [9.17, 15) is 4.79 Å². The number of amides is 1. The zero-order valence-corrected chi connectivity index (χ0v) is 13.9. The Bertz CT molecular complexity index is 947. The van der Waals surface area contributed by atoms with Gasteiger partial charge in [0.2, 0.25) is 11.9 Å². The normalized spacial score (nSPS) is 9.85. The summed E-state index contributed by atoms with van der Waals surface area (Å²) in [6.45, 7) is 1.46. The van der Waals surface area contributed by atoms with Gasteiger partial charge in [-0.2, -0.15) is 15.3 Å². The van der Waals surface area contributed by atoms with Crippen molar-refractivity contribution < 1.29 is 4.79 Å². The fourth-order valence-corrected chi connectivity index (χ4v) is 2.16. The second-order valence-corrected chi connectivity index (χ2v) is 5.36. The van der Waals surface area contributed by atoms with Crippen LogP contribution in [-0.2, 0) is 4.79 Å². The molecule has 3 N–H and O–H groups in total. The first-order valence-corrected chi connectivity index (χ1v) is 7.74.